The number of methoxy groups -OCH3 is 2. The van der Waals surface area contributed by atoms with Gasteiger partial charge in [0.05, 0.1) is 25.2 Å². The van der Waals surface area contributed by atoms with Gasteiger partial charge in [-0.15, -0.1) is 0 Å². The SMILES string of the molecule is COc1ccc(-c2c(C)oc3cc(OCCN4CCCCC4)ccc3c2=O)cc1OC. The molecule has 31 heavy (non-hydrogen) atoms. The first-order valence-electron chi connectivity index (χ1n) is 10.8. The molecule has 1 aliphatic rings. The number of nitrogens with zero attached hydrogens (tertiary/aromatic N) is 1. The summed E-state index contributed by atoms with van der Waals surface area (Å²) in [5.74, 6) is 2.44. The van der Waals surface area contributed by atoms with Crippen LogP contribution in [0, 0.1) is 6.92 Å². The predicted octanol–water partition coefficient (Wildman–Crippen LogP) is 4.65. The van der Waals surface area contributed by atoms with Gasteiger partial charge in [-0.05, 0) is 62.7 Å². The molecule has 0 atom stereocenters. The van der Waals surface area contributed by atoms with E-state index >= 15 is 0 Å². The van der Waals surface area contributed by atoms with Gasteiger partial charge in [-0.1, -0.05) is 12.5 Å². The van der Waals surface area contributed by atoms with Crippen LogP contribution in [0.15, 0.2) is 45.6 Å². The Morgan fingerprint density at radius 1 is 0.968 bits per heavy atom. The lowest BCUT2D eigenvalue weighted by Gasteiger charge is -2.26. The Hall–Kier alpha value is -2.99. The van der Waals surface area contributed by atoms with E-state index in [0.717, 1.165) is 25.2 Å². The molecule has 0 N–H and O–H groups in total. The summed E-state index contributed by atoms with van der Waals surface area (Å²) in [6, 6.07) is 10.8. The van der Waals surface area contributed by atoms with Crippen molar-refractivity contribution in [1.29, 1.82) is 0 Å². The third-order valence-corrected chi connectivity index (χ3v) is 5.84. The number of likely N-dealkylation sites (tertiary alicyclic amines) is 1. The monoisotopic (exact) mass is 423 g/mol. The van der Waals surface area contributed by atoms with Crippen LogP contribution < -0.4 is 19.6 Å². The molecule has 0 saturated carbocycles. The second-order valence-electron chi connectivity index (χ2n) is 7.84. The van der Waals surface area contributed by atoms with Gasteiger partial charge in [-0.2, -0.15) is 0 Å². The van der Waals surface area contributed by atoms with E-state index in [1.807, 2.05) is 12.1 Å². The van der Waals surface area contributed by atoms with Crippen LogP contribution in [-0.2, 0) is 0 Å². The van der Waals surface area contributed by atoms with Crippen molar-refractivity contribution in [2.75, 3.05) is 40.5 Å². The summed E-state index contributed by atoms with van der Waals surface area (Å²) in [6.07, 6.45) is 3.86. The lowest BCUT2D eigenvalue weighted by atomic mass is 10.0. The number of hydrogen-bond acceptors (Lipinski definition) is 6. The first kappa shape index (κ1) is 21.2. The molecular weight excluding hydrogens is 394 g/mol. The minimum absolute atomic E-state index is 0.0779. The minimum Gasteiger partial charge on any atom is -0.493 e. The van der Waals surface area contributed by atoms with Crippen molar-refractivity contribution in [3.05, 3.63) is 52.4 Å². The molecule has 1 aliphatic heterocycles. The summed E-state index contributed by atoms with van der Waals surface area (Å²) in [4.78, 5) is 15.7. The molecule has 6 nitrogen and oxygen atoms in total. The average Bonchev–Trinajstić information content (AvgIpc) is 2.79. The van der Waals surface area contributed by atoms with Crippen LogP contribution in [0.5, 0.6) is 17.2 Å². The van der Waals surface area contributed by atoms with Gasteiger partial charge < -0.3 is 18.6 Å². The molecule has 3 aromatic rings. The Kier molecular flexibility index (Phi) is 6.47. The van der Waals surface area contributed by atoms with Gasteiger partial charge in [0, 0.05) is 12.6 Å². The molecule has 0 unspecified atom stereocenters. The number of piperidine rings is 1. The van der Waals surface area contributed by atoms with Crippen molar-refractivity contribution >= 4 is 11.0 Å². The number of hydrogen-bond donors (Lipinski definition) is 0. The molecular formula is C25H29NO5. The Balaban J connectivity index is 1.59. The highest BCUT2D eigenvalue weighted by Crippen LogP contribution is 2.33. The molecule has 0 spiro atoms. The third kappa shape index (κ3) is 4.54. The first-order valence-corrected chi connectivity index (χ1v) is 10.8. The Morgan fingerprint density at radius 2 is 1.74 bits per heavy atom. The van der Waals surface area contributed by atoms with E-state index in [9.17, 15) is 4.79 Å². The molecule has 1 aromatic heterocycles. The van der Waals surface area contributed by atoms with Crippen LogP contribution in [0.25, 0.3) is 22.1 Å². The van der Waals surface area contributed by atoms with Crippen LogP contribution in [0.4, 0.5) is 0 Å². The molecule has 0 aliphatic carbocycles. The maximum Gasteiger partial charge on any atom is 0.200 e. The summed E-state index contributed by atoms with van der Waals surface area (Å²) >= 11 is 0. The molecule has 1 saturated heterocycles. The van der Waals surface area contributed by atoms with Crippen molar-refractivity contribution in [3.8, 4) is 28.4 Å². The van der Waals surface area contributed by atoms with Crippen molar-refractivity contribution in [3.63, 3.8) is 0 Å². The van der Waals surface area contributed by atoms with Crippen molar-refractivity contribution < 1.29 is 18.6 Å². The zero-order chi connectivity index (χ0) is 21.8. The molecule has 164 valence electrons. The number of ether oxygens (including phenoxy) is 3. The number of fused-ring (bicyclic) bond motifs is 1. The third-order valence-electron chi connectivity index (χ3n) is 5.84. The van der Waals surface area contributed by atoms with Gasteiger partial charge in [0.2, 0.25) is 5.43 Å². The average molecular weight is 424 g/mol. The van der Waals surface area contributed by atoms with E-state index in [-0.39, 0.29) is 5.43 Å². The van der Waals surface area contributed by atoms with Crippen molar-refractivity contribution in [2.24, 2.45) is 0 Å². The van der Waals surface area contributed by atoms with E-state index in [4.69, 9.17) is 18.6 Å². The molecule has 2 heterocycles. The first-order chi connectivity index (χ1) is 15.1. The van der Waals surface area contributed by atoms with E-state index in [0.29, 0.717) is 46.1 Å². The lowest BCUT2D eigenvalue weighted by Crippen LogP contribution is -2.33. The fourth-order valence-corrected chi connectivity index (χ4v) is 4.18. The van der Waals surface area contributed by atoms with E-state index in [1.165, 1.54) is 19.3 Å². The smallest absolute Gasteiger partial charge is 0.200 e. The van der Waals surface area contributed by atoms with E-state index < -0.39 is 0 Å². The Morgan fingerprint density at radius 3 is 2.48 bits per heavy atom. The fourth-order valence-electron chi connectivity index (χ4n) is 4.18. The van der Waals surface area contributed by atoms with Crippen molar-refractivity contribution in [1.82, 2.24) is 4.90 Å². The standard InChI is InChI=1S/C25H29NO5/c1-17-24(18-7-10-21(28-2)23(15-18)29-3)25(27)20-9-8-19(16-22(20)31-17)30-14-13-26-11-5-4-6-12-26/h7-10,15-16H,4-6,11-14H2,1-3H3. The molecule has 0 amide bonds. The van der Waals surface area contributed by atoms with Gasteiger partial charge in [-0.3, -0.25) is 9.69 Å². The highest BCUT2D eigenvalue weighted by molar-refractivity contribution is 5.84. The summed E-state index contributed by atoms with van der Waals surface area (Å²) in [5, 5.41) is 0.527. The quantitative estimate of drug-likeness (QED) is 0.551. The second kappa shape index (κ2) is 9.43. The topological polar surface area (TPSA) is 61.1 Å². The van der Waals surface area contributed by atoms with Crippen molar-refractivity contribution in [2.45, 2.75) is 26.2 Å². The molecule has 2 aromatic carbocycles. The van der Waals surface area contributed by atoms with Gasteiger partial charge in [-0.25, -0.2) is 0 Å². The van der Waals surface area contributed by atoms with E-state index in [1.54, 1.807) is 45.4 Å². The van der Waals surface area contributed by atoms with Gasteiger partial charge in [0.15, 0.2) is 11.5 Å². The second-order valence-corrected chi connectivity index (χ2v) is 7.84. The molecule has 0 bridgehead atoms. The van der Waals surface area contributed by atoms with Crippen LogP contribution >= 0.6 is 0 Å². The molecule has 4 rings (SSSR count). The molecule has 6 heteroatoms. The highest BCUT2D eigenvalue weighted by atomic mass is 16.5. The van der Waals surface area contributed by atoms with Crippen LogP contribution in [0.2, 0.25) is 0 Å². The van der Waals surface area contributed by atoms with Gasteiger partial charge in [0.1, 0.15) is 23.7 Å². The predicted molar refractivity (Wildman–Crippen MR) is 122 cm³/mol. The fraction of sp³-hybridized carbons (Fsp3) is 0.400. The Bertz CT molecular complexity index is 1110. The number of benzene rings is 2. The summed E-state index contributed by atoms with van der Waals surface area (Å²) in [6.45, 7) is 5.64. The summed E-state index contributed by atoms with van der Waals surface area (Å²) in [7, 11) is 3.16. The zero-order valence-corrected chi connectivity index (χ0v) is 18.4. The molecule has 1 fully saturated rings. The number of rotatable bonds is 7. The van der Waals surface area contributed by atoms with Crippen LogP contribution in [0.3, 0.4) is 0 Å². The molecule has 0 radical (unpaired) electrons. The van der Waals surface area contributed by atoms with Crippen LogP contribution in [0.1, 0.15) is 25.0 Å². The largest absolute Gasteiger partial charge is 0.493 e. The highest BCUT2D eigenvalue weighted by Gasteiger charge is 2.16. The van der Waals surface area contributed by atoms with Gasteiger partial charge in [0.25, 0.3) is 0 Å². The summed E-state index contributed by atoms with van der Waals surface area (Å²) < 4.78 is 22.6. The zero-order valence-electron chi connectivity index (χ0n) is 18.4. The lowest BCUT2D eigenvalue weighted by molar-refractivity contribution is 0.183. The Labute approximate surface area is 182 Å². The van der Waals surface area contributed by atoms with Crippen LogP contribution in [-0.4, -0.2) is 45.4 Å². The number of aryl methyl sites for hydroxylation is 1. The normalized spacial score (nSPS) is 14.5. The maximum atomic E-state index is 13.3. The summed E-state index contributed by atoms with van der Waals surface area (Å²) in [5.41, 5.74) is 1.70. The van der Waals surface area contributed by atoms with Gasteiger partial charge >= 0.3 is 0 Å². The minimum atomic E-state index is -0.0779. The van der Waals surface area contributed by atoms with E-state index in [2.05, 4.69) is 4.90 Å². The maximum absolute atomic E-state index is 13.3.